The summed E-state index contributed by atoms with van der Waals surface area (Å²) >= 11 is 5.80. The van der Waals surface area contributed by atoms with Crippen LogP contribution in [0.5, 0.6) is 0 Å². The van der Waals surface area contributed by atoms with E-state index in [1.54, 1.807) is 0 Å². The zero-order chi connectivity index (χ0) is 6.36. The van der Waals surface area contributed by atoms with Crippen molar-refractivity contribution < 1.29 is 5.11 Å². The van der Waals surface area contributed by atoms with Crippen LogP contribution in [0.15, 0.2) is 12.2 Å². The van der Waals surface area contributed by atoms with Crippen LogP contribution in [-0.2, 0) is 0 Å². The molecule has 0 spiro atoms. The maximum Gasteiger partial charge on any atom is 0.0716 e. The first-order chi connectivity index (χ1) is 3.60. The Kier molecular flexibility index (Phi) is 1.14. The first-order valence-electron chi connectivity index (χ1n) is 2.59. The van der Waals surface area contributed by atoms with Crippen LogP contribution in [0, 0.1) is 5.92 Å². The second-order valence-electron chi connectivity index (χ2n) is 2.34. The lowest BCUT2D eigenvalue weighted by Gasteiger charge is -1.91. The van der Waals surface area contributed by atoms with E-state index < -0.39 is 0 Å². The zero-order valence-corrected chi connectivity index (χ0v) is 5.57. The quantitative estimate of drug-likeness (QED) is 0.420. The molecule has 0 aromatic rings. The smallest absolute Gasteiger partial charge is 0.0716 e. The fourth-order valence-corrected chi connectivity index (χ4v) is 1.12. The molecular formula is C6H9ClO. The van der Waals surface area contributed by atoms with Crippen LogP contribution in [0.2, 0.25) is 0 Å². The Bertz CT molecular complexity index is 128. The van der Waals surface area contributed by atoms with Crippen LogP contribution in [0.1, 0.15) is 6.92 Å². The number of hydrogen-bond donors (Lipinski definition) is 1. The molecule has 46 valence electrons. The third kappa shape index (κ3) is 0.583. The Labute approximate surface area is 54.0 Å². The van der Waals surface area contributed by atoms with E-state index in [4.69, 9.17) is 16.7 Å². The summed E-state index contributed by atoms with van der Waals surface area (Å²) in [4.78, 5) is -0.297. The fourth-order valence-electron chi connectivity index (χ4n) is 0.844. The van der Waals surface area contributed by atoms with Gasteiger partial charge in [0, 0.05) is 5.92 Å². The molecule has 1 aliphatic carbocycles. The van der Waals surface area contributed by atoms with Gasteiger partial charge in [0.15, 0.2) is 0 Å². The van der Waals surface area contributed by atoms with Crippen LogP contribution >= 0.6 is 11.6 Å². The summed E-state index contributed by atoms with van der Waals surface area (Å²) in [5, 5.41) is 8.57. The molecule has 1 nitrogen and oxygen atoms in total. The van der Waals surface area contributed by atoms with Crippen LogP contribution in [-0.4, -0.2) is 16.6 Å². The molecule has 1 fully saturated rings. The minimum atomic E-state index is -0.297. The predicted octanol–water partition coefficient (Wildman–Crippen LogP) is 1.16. The van der Waals surface area contributed by atoms with Gasteiger partial charge in [0.1, 0.15) is 0 Å². The van der Waals surface area contributed by atoms with Crippen molar-refractivity contribution in [3.05, 3.63) is 12.2 Å². The molecule has 1 rings (SSSR count). The highest BCUT2D eigenvalue weighted by Gasteiger charge is 2.52. The predicted molar refractivity (Wildman–Crippen MR) is 34.0 cm³/mol. The van der Waals surface area contributed by atoms with Gasteiger partial charge in [-0.25, -0.2) is 0 Å². The van der Waals surface area contributed by atoms with E-state index in [-0.39, 0.29) is 17.4 Å². The van der Waals surface area contributed by atoms with Crippen molar-refractivity contribution in [2.45, 2.75) is 11.8 Å². The first kappa shape index (κ1) is 6.12. The summed E-state index contributed by atoms with van der Waals surface area (Å²) < 4.78 is 0. The first-order valence-corrected chi connectivity index (χ1v) is 2.97. The van der Waals surface area contributed by atoms with Crippen LogP contribution in [0.3, 0.4) is 0 Å². The molecule has 0 amide bonds. The van der Waals surface area contributed by atoms with Crippen LogP contribution in [0.25, 0.3) is 0 Å². The second kappa shape index (κ2) is 1.49. The summed E-state index contributed by atoms with van der Waals surface area (Å²) in [5.74, 6) is 0.143. The van der Waals surface area contributed by atoms with E-state index in [9.17, 15) is 0 Å². The maximum atomic E-state index is 8.57. The van der Waals surface area contributed by atoms with Crippen molar-refractivity contribution in [1.82, 2.24) is 0 Å². The summed E-state index contributed by atoms with van der Waals surface area (Å²) in [5.41, 5.74) is 0.960. The van der Waals surface area contributed by atoms with Gasteiger partial charge >= 0.3 is 0 Å². The number of rotatable bonds is 1. The zero-order valence-electron chi connectivity index (χ0n) is 4.82. The molecule has 1 aliphatic rings. The van der Waals surface area contributed by atoms with E-state index in [1.165, 1.54) is 0 Å². The molecule has 0 bridgehead atoms. The molecule has 0 aromatic heterocycles. The Morgan fingerprint density at radius 1 is 2.00 bits per heavy atom. The lowest BCUT2D eigenvalue weighted by atomic mass is 10.4. The normalized spacial score (nSPS) is 44.9. The third-order valence-electron chi connectivity index (χ3n) is 1.80. The maximum absolute atomic E-state index is 8.57. The molecule has 0 radical (unpaired) electrons. The van der Waals surface area contributed by atoms with Crippen molar-refractivity contribution in [1.29, 1.82) is 0 Å². The molecule has 8 heavy (non-hydrogen) atoms. The topological polar surface area (TPSA) is 20.2 Å². The van der Waals surface area contributed by atoms with Gasteiger partial charge in [-0.2, -0.15) is 0 Å². The Morgan fingerprint density at radius 2 is 2.38 bits per heavy atom. The van der Waals surface area contributed by atoms with Crippen LogP contribution < -0.4 is 0 Å². The lowest BCUT2D eigenvalue weighted by Crippen LogP contribution is -1.97. The molecule has 2 heteroatoms. The monoisotopic (exact) mass is 132 g/mol. The Hall–Kier alpha value is -0.0100. The number of halogens is 1. The van der Waals surface area contributed by atoms with Gasteiger partial charge < -0.3 is 5.11 Å². The Balaban J connectivity index is 2.58. The summed E-state index contributed by atoms with van der Waals surface area (Å²) in [6.07, 6.45) is 0. The molecule has 2 atom stereocenters. The Morgan fingerprint density at radius 3 is 2.38 bits per heavy atom. The molecule has 1 saturated carbocycles. The standard InChI is InChI=1S/C6H9ClO/c1-4-5(3-8)6(4,2)7/h5,8H,1,3H2,2H3/t5-,6-/m1/s1. The van der Waals surface area contributed by atoms with Crippen molar-refractivity contribution in [2.75, 3.05) is 6.61 Å². The van der Waals surface area contributed by atoms with E-state index >= 15 is 0 Å². The van der Waals surface area contributed by atoms with Gasteiger partial charge in [-0.05, 0) is 12.5 Å². The van der Waals surface area contributed by atoms with Gasteiger partial charge in [-0.1, -0.05) is 6.58 Å². The SMILES string of the molecule is C=C1[C@@H](CO)[C@]1(C)Cl. The molecule has 0 unspecified atom stereocenters. The lowest BCUT2D eigenvalue weighted by molar-refractivity contribution is 0.276. The number of alkyl halides is 1. The van der Waals surface area contributed by atoms with E-state index in [0.717, 1.165) is 5.57 Å². The van der Waals surface area contributed by atoms with Crippen molar-refractivity contribution in [3.63, 3.8) is 0 Å². The molecule has 0 aromatic carbocycles. The minimum absolute atomic E-state index is 0.138. The molecule has 1 N–H and O–H groups in total. The van der Waals surface area contributed by atoms with Gasteiger partial charge in [-0.3, -0.25) is 0 Å². The second-order valence-corrected chi connectivity index (χ2v) is 3.12. The number of aliphatic hydroxyl groups is 1. The summed E-state index contributed by atoms with van der Waals surface area (Å²) in [6, 6.07) is 0. The summed E-state index contributed by atoms with van der Waals surface area (Å²) in [6.45, 7) is 5.69. The molecule has 0 aliphatic heterocycles. The minimum Gasteiger partial charge on any atom is -0.396 e. The third-order valence-corrected chi connectivity index (χ3v) is 2.31. The average Bonchev–Trinajstić information content (AvgIpc) is 2.09. The molecule has 0 saturated heterocycles. The number of hydrogen-bond acceptors (Lipinski definition) is 1. The van der Waals surface area contributed by atoms with Gasteiger partial charge in [0.05, 0.1) is 11.5 Å². The fraction of sp³-hybridized carbons (Fsp3) is 0.667. The van der Waals surface area contributed by atoms with Crippen molar-refractivity contribution in [2.24, 2.45) is 5.92 Å². The molecule has 0 heterocycles. The van der Waals surface area contributed by atoms with Gasteiger partial charge in [0.2, 0.25) is 0 Å². The number of aliphatic hydroxyl groups excluding tert-OH is 1. The van der Waals surface area contributed by atoms with Crippen molar-refractivity contribution in [3.8, 4) is 0 Å². The van der Waals surface area contributed by atoms with E-state index in [1.807, 2.05) is 6.92 Å². The van der Waals surface area contributed by atoms with E-state index in [0.29, 0.717) is 0 Å². The highest BCUT2D eigenvalue weighted by Crippen LogP contribution is 2.53. The van der Waals surface area contributed by atoms with E-state index in [2.05, 4.69) is 6.58 Å². The molecular weight excluding hydrogens is 124 g/mol. The van der Waals surface area contributed by atoms with Crippen LogP contribution in [0.4, 0.5) is 0 Å². The van der Waals surface area contributed by atoms with Gasteiger partial charge in [0.25, 0.3) is 0 Å². The largest absolute Gasteiger partial charge is 0.396 e. The highest BCUT2D eigenvalue weighted by atomic mass is 35.5. The van der Waals surface area contributed by atoms with Gasteiger partial charge in [-0.15, -0.1) is 11.6 Å². The average molecular weight is 133 g/mol. The highest BCUT2D eigenvalue weighted by molar-refractivity contribution is 6.29. The summed E-state index contributed by atoms with van der Waals surface area (Å²) in [7, 11) is 0. The van der Waals surface area contributed by atoms with Crippen molar-refractivity contribution >= 4 is 11.6 Å².